The summed E-state index contributed by atoms with van der Waals surface area (Å²) in [5, 5.41) is 0. The highest BCUT2D eigenvalue weighted by Crippen LogP contribution is 2.43. The van der Waals surface area contributed by atoms with Crippen molar-refractivity contribution >= 4 is 17.1 Å². The van der Waals surface area contributed by atoms with E-state index in [1.54, 1.807) is 0 Å². The summed E-state index contributed by atoms with van der Waals surface area (Å²) in [7, 11) is 0. The van der Waals surface area contributed by atoms with Gasteiger partial charge in [0.25, 0.3) is 0 Å². The Balaban J connectivity index is 2.85. The molecule has 0 bridgehead atoms. The summed E-state index contributed by atoms with van der Waals surface area (Å²) in [5.74, 6) is 0. The number of rotatable bonds is 0. The van der Waals surface area contributed by atoms with Gasteiger partial charge in [0.1, 0.15) is 0 Å². The fourth-order valence-electron chi connectivity index (χ4n) is 2.12. The van der Waals surface area contributed by atoms with Crippen LogP contribution in [0, 0.1) is 10.8 Å². The van der Waals surface area contributed by atoms with Gasteiger partial charge < -0.3 is 0 Å². The highest BCUT2D eigenvalue weighted by atomic mass is 32.1. The average molecular weight is 170 g/mol. The third-order valence-corrected chi connectivity index (χ3v) is 3.94. The Bertz CT molecular complexity index is 159. The molecule has 0 radical (unpaired) electrons. The summed E-state index contributed by atoms with van der Waals surface area (Å²) in [5.41, 5.74) is 0.605. The molecule has 0 N–H and O–H groups in total. The van der Waals surface area contributed by atoms with Crippen LogP contribution in [-0.2, 0) is 0 Å². The van der Waals surface area contributed by atoms with Gasteiger partial charge in [0.05, 0.1) is 0 Å². The highest BCUT2D eigenvalue weighted by molar-refractivity contribution is 7.80. The molecule has 1 aliphatic rings. The lowest BCUT2D eigenvalue weighted by Crippen LogP contribution is -2.39. The zero-order valence-corrected chi connectivity index (χ0v) is 8.85. The van der Waals surface area contributed by atoms with Crippen molar-refractivity contribution in [3.05, 3.63) is 0 Å². The van der Waals surface area contributed by atoms with Crippen molar-refractivity contribution < 1.29 is 0 Å². The molecular formula is C10H18S. The largest absolute Gasteiger partial charge is 0.0885 e. The maximum absolute atomic E-state index is 5.48. The van der Waals surface area contributed by atoms with Crippen LogP contribution in [0.5, 0.6) is 0 Å². The first-order chi connectivity index (χ1) is 4.86. The lowest BCUT2D eigenvalue weighted by molar-refractivity contribution is 0.311. The second-order valence-electron chi connectivity index (χ2n) is 4.95. The van der Waals surface area contributed by atoms with Gasteiger partial charge in [-0.15, -0.1) is 0 Å². The summed E-state index contributed by atoms with van der Waals surface area (Å²) in [6, 6.07) is 0. The molecule has 0 spiro atoms. The minimum Gasteiger partial charge on any atom is -0.0885 e. The number of thiocarbonyl (C=S) groups is 1. The van der Waals surface area contributed by atoms with E-state index >= 15 is 0 Å². The lowest BCUT2D eigenvalue weighted by atomic mass is 9.65. The third-order valence-electron chi connectivity index (χ3n) is 2.83. The monoisotopic (exact) mass is 170 g/mol. The van der Waals surface area contributed by atoms with Gasteiger partial charge in [-0.05, 0) is 23.7 Å². The molecule has 0 saturated heterocycles. The van der Waals surface area contributed by atoms with Crippen LogP contribution in [-0.4, -0.2) is 4.86 Å². The molecule has 0 aromatic rings. The van der Waals surface area contributed by atoms with Crippen LogP contribution >= 0.6 is 12.2 Å². The summed E-state index contributed by atoms with van der Waals surface area (Å²) in [4.78, 5) is 1.27. The first kappa shape index (κ1) is 9.18. The molecule has 1 heteroatoms. The average Bonchev–Trinajstić information content (AvgIpc) is 1.82. The normalized spacial score (nSPS) is 28.5. The van der Waals surface area contributed by atoms with Gasteiger partial charge >= 0.3 is 0 Å². The second-order valence-corrected chi connectivity index (χ2v) is 5.36. The molecule has 64 valence electrons. The van der Waals surface area contributed by atoms with Gasteiger partial charge in [0, 0.05) is 4.86 Å². The number of hydrogen-bond acceptors (Lipinski definition) is 1. The molecule has 0 unspecified atom stereocenters. The first-order valence-electron chi connectivity index (χ1n) is 4.41. The van der Waals surface area contributed by atoms with E-state index in [2.05, 4.69) is 27.7 Å². The van der Waals surface area contributed by atoms with Crippen molar-refractivity contribution in [3.63, 3.8) is 0 Å². The van der Waals surface area contributed by atoms with Crippen molar-refractivity contribution in [1.82, 2.24) is 0 Å². The van der Waals surface area contributed by atoms with Gasteiger partial charge in [0.2, 0.25) is 0 Å². The smallest absolute Gasteiger partial charge is 0.00409 e. The van der Waals surface area contributed by atoms with Gasteiger partial charge in [-0.3, -0.25) is 0 Å². The molecule has 0 nitrogen and oxygen atoms in total. The molecule has 0 atom stereocenters. The van der Waals surface area contributed by atoms with E-state index in [-0.39, 0.29) is 0 Å². The molecular weight excluding hydrogens is 152 g/mol. The minimum absolute atomic E-state index is 0.303. The maximum Gasteiger partial charge on any atom is 0.00409 e. The van der Waals surface area contributed by atoms with Crippen LogP contribution in [0.4, 0.5) is 0 Å². The zero-order valence-electron chi connectivity index (χ0n) is 8.03. The van der Waals surface area contributed by atoms with Crippen molar-refractivity contribution in [2.75, 3.05) is 0 Å². The Morgan fingerprint density at radius 2 is 1.36 bits per heavy atom. The second kappa shape index (κ2) is 2.55. The predicted octanol–water partition coefficient (Wildman–Crippen LogP) is 3.59. The number of hydrogen-bond donors (Lipinski definition) is 0. The molecule has 0 aromatic heterocycles. The Hall–Kier alpha value is 0.0900. The van der Waals surface area contributed by atoms with E-state index < -0.39 is 0 Å². The van der Waals surface area contributed by atoms with Crippen LogP contribution < -0.4 is 0 Å². The van der Waals surface area contributed by atoms with Crippen molar-refractivity contribution in [2.45, 2.75) is 47.0 Å². The molecule has 0 heterocycles. The fraction of sp³-hybridized carbons (Fsp3) is 0.900. The van der Waals surface area contributed by atoms with Gasteiger partial charge in [-0.25, -0.2) is 0 Å². The van der Waals surface area contributed by atoms with E-state index in [1.165, 1.54) is 24.1 Å². The minimum atomic E-state index is 0.303. The lowest BCUT2D eigenvalue weighted by Gasteiger charge is -2.41. The highest BCUT2D eigenvalue weighted by Gasteiger charge is 2.38. The van der Waals surface area contributed by atoms with Crippen molar-refractivity contribution in [1.29, 1.82) is 0 Å². The summed E-state index contributed by atoms with van der Waals surface area (Å²) < 4.78 is 0. The van der Waals surface area contributed by atoms with Gasteiger partial charge in [0.15, 0.2) is 0 Å². The van der Waals surface area contributed by atoms with Gasteiger partial charge in [-0.1, -0.05) is 46.3 Å². The van der Waals surface area contributed by atoms with E-state index in [1.807, 2.05) is 0 Å². The van der Waals surface area contributed by atoms with E-state index in [0.717, 1.165) is 0 Å². The Labute approximate surface area is 75.4 Å². The van der Waals surface area contributed by atoms with Gasteiger partial charge in [-0.2, -0.15) is 0 Å². The van der Waals surface area contributed by atoms with Crippen LogP contribution in [0.15, 0.2) is 0 Å². The Morgan fingerprint density at radius 1 is 1.00 bits per heavy atom. The molecule has 1 aliphatic carbocycles. The third kappa shape index (κ3) is 1.64. The summed E-state index contributed by atoms with van der Waals surface area (Å²) in [6.45, 7) is 9.10. The molecule has 0 aliphatic heterocycles. The van der Waals surface area contributed by atoms with Crippen LogP contribution in [0.1, 0.15) is 47.0 Å². The Kier molecular flexibility index (Phi) is 2.13. The molecule has 11 heavy (non-hydrogen) atoms. The fourth-order valence-corrected chi connectivity index (χ4v) is 2.32. The maximum atomic E-state index is 5.48. The SMILES string of the molecule is CC1(C)CCCC(C)(C)C1=S. The van der Waals surface area contributed by atoms with Crippen LogP contribution in [0.2, 0.25) is 0 Å². The first-order valence-corrected chi connectivity index (χ1v) is 4.82. The molecule has 1 rings (SSSR count). The molecule has 1 fully saturated rings. The van der Waals surface area contributed by atoms with Crippen molar-refractivity contribution in [3.8, 4) is 0 Å². The quantitative estimate of drug-likeness (QED) is 0.501. The topological polar surface area (TPSA) is 0 Å². The molecule has 1 saturated carbocycles. The summed E-state index contributed by atoms with van der Waals surface area (Å²) in [6.07, 6.45) is 3.88. The van der Waals surface area contributed by atoms with Crippen molar-refractivity contribution in [2.24, 2.45) is 10.8 Å². The Morgan fingerprint density at radius 3 is 1.64 bits per heavy atom. The molecule has 0 amide bonds. The molecule has 0 aromatic carbocycles. The van der Waals surface area contributed by atoms with Crippen LogP contribution in [0.25, 0.3) is 0 Å². The standard InChI is InChI=1S/C10H18S/c1-9(2)6-5-7-10(3,4)8(9)11/h5-7H2,1-4H3. The zero-order chi connectivity index (χ0) is 8.70. The van der Waals surface area contributed by atoms with E-state index in [9.17, 15) is 0 Å². The van der Waals surface area contributed by atoms with E-state index in [0.29, 0.717) is 10.8 Å². The predicted molar refractivity (Wildman–Crippen MR) is 54.0 cm³/mol. The summed E-state index contributed by atoms with van der Waals surface area (Å²) >= 11 is 5.48. The van der Waals surface area contributed by atoms with Crippen LogP contribution in [0.3, 0.4) is 0 Å². The van der Waals surface area contributed by atoms with E-state index in [4.69, 9.17) is 12.2 Å².